The molecule has 1 aromatic carbocycles. The number of nitrogens with one attached hydrogen (secondary N) is 1. The summed E-state index contributed by atoms with van der Waals surface area (Å²) in [5.41, 5.74) is 6.72. The molecule has 0 bridgehead atoms. The molecule has 2 aromatic rings. The zero-order chi connectivity index (χ0) is 19.6. The van der Waals surface area contributed by atoms with Crippen molar-refractivity contribution < 1.29 is 13.8 Å². The fourth-order valence-electron chi connectivity index (χ4n) is 1.88. The van der Waals surface area contributed by atoms with Gasteiger partial charge in [-0.1, -0.05) is 47.1 Å². The van der Waals surface area contributed by atoms with E-state index in [1.165, 1.54) is 24.3 Å². The van der Waals surface area contributed by atoms with Crippen molar-refractivity contribution in [1.29, 1.82) is 0 Å². The van der Waals surface area contributed by atoms with Gasteiger partial charge in [0.15, 0.2) is 11.5 Å². The van der Waals surface area contributed by atoms with Crippen molar-refractivity contribution in [2.24, 2.45) is 10.7 Å². The van der Waals surface area contributed by atoms with Gasteiger partial charge in [-0.05, 0) is 30.3 Å². The highest BCUT2D eigenvalue weighted by Gasteiger charge is 2.14. The Balaban J connectivity index is 2.03. The third-order valence-corrected chi connectivity index (χ3v) is 3.44. The van der Waals surface area contributed by atoms with Gasteiger partial charge in [-0.2, -0.15) is 0 Å². The highest BCUT2D eigenvalue weighted by atomic mass is 35.5. The lowest BCUT2D eigenvalue weighted by molar-refractivity contribution is -0.116. The first-order chi connectivity index (χ1) is 13.0. The summed E-state index contributed by atoms with van der Waals surface area (Å²) in [5.74, 6) is -0.891. The molecule has 0 aliphatic rings. The quantitative estimate of drug-likeness (QED) is 0.327. The standard InChI is InChI=1S/C18H17ClFN5O2/c1-2-3-4-5-6-7-16(26)22-11-15-17(25-27-24-15)18(21)23-12-8-9-14(20)13(19)10-12/h2-10H,11H2,1H3,(H2,21,23)(H,22,26)/b3-2-,5-4-,7-6+. The van der Waals surface area contributed by atoms with Gasteiger partial charge in [-0.25, -0.2) is 14.0 Å². The van der Waals surface area contributed by atoms with Crippen LogP contribution in [0.3, 0.4) is 0 Å². The average Bonchev–Trinajstić information content (AvgIpc) is 3.11. The van der Waals surface area contributed by atoms with E-state index in [2.05, 4.69) is 25.3 Å². The first-order valence-corrected chi connectivity index (χ1v) is 8.24. The van der Waals surface area contributed by atoms with E-state index in [0.29, 0.717) is 11.4 Å². The molecule has 3 N–H and O–H groups in total. The number of aliphatic imine (C=N–C) groups is 1. The number of amides is 1. The summed E-state index contributed by atoms with van der Waals surface area (Å²) in [7, 11) is 0. The van der Waals surface area contributed by atoms with Crippen LogP contribution in [0.4, 0.5) is 10.1 Å². The number of hydrogen-bond acceptors (Lipinski definition) is 5. The van der Waals surface area contributed by atoms with Gasteiger partial charge in [0.05, 0.1) is 17.3 Å². The van der Waals surface area contributed by atoms with Gasteiger partial charge in [0.1, 0.15) is 11.5 Å². The molecule has 0 aliphatic carbocycles. The van der Waals surface area contributed by atoms with Crippen LogP contribution in [-0.2, 0) is 11.3 Å². The maximum atomic E-state index is 13.2. The molecular weight excluding hydrogens is 373 g/mol. The number of allylic oxidation sites excluding steroid dienone is 5. The second kappa shape index (κ2) is 10.0. The maximum Gasteiger partial charge on any atom is 0.244 e. The molecule has 0 saturated carbocycles. The second-order valence-electron chi connectivity index (χ2n) is 5.14. The Morgan fingerprint density at radius 3 is 2.85 bits per heavy atom. The third-order valence-electron chi connectivity index (χ3n) is 3.16. The van der Waals surface area contributed by atoms with Crippen LogP contribution in [-0.4, -0.2) is 22.1 Å². The number of nitrogens with zero attached hydrogens (tertiary/aromatic N) is 3. The van der Waals surface area contributed by atoms with Crippen LogP contribution in [0.1, 0.15) is 18.3 Å². The molecule has 7 nitrogen and oxygen atoms in total. The van der Waals surface area contributed by atoms with E-state index in [-0.39, 0.29) is 29.0 Å². The second-order valence-corrected chi connectivity index (χ2v) is 5.55. The fourth-order valence-corrected chi connectivity index (χ4v) is 2.05. The number of rotatable bonds is 7. The van der Waals surface area contributed by atoms with Crippen molar-refractivity contribution in [2.75, 3.05) is 0 Å². The van der Waals surface area contributed by atoms with Crippen molar-refractivity contribution in [3.8, 4) is 0 Å². The molecule has 0 aliphatic heterocycles. The van der Waals surface area contributed by atoms with E-state index >= 15 is 0 Å². The predicted molar refractivity (Wildman–Crippen MR) is 101 cm³/mol. The van der Waals surface area contributed by atoms with Crippen molar-refractivity contribution in [2.45, 2.75) is 13.5 Å². The predicted octanol–water partition coefficient (Wildman–Crippen LogP) is 3.20. The van der Waals surface area contributed by atoms with Crippen LogP contribution in [0.2, 0.25) is 5.02 Å². The molecule has 0 radical (unpaired) electrons. The molecule has 2 rings (SSSR count). The van der Waals surface area contributed by atoms with E-state index in [1.807, 2.05) is 19.1 Å². The molecule has 9 heteroatoms. The minimum atomic E-state index is -0.561. The normalized spacial score (nSPS) is 12.5. The average molecular weight is 390 g/mol. The van der Waals surface area contributed by atoms with Gasteiger partial charge in [0.2, 0.25) is 5.91 Å². The number of carbonyl (C=O) groups is 1. The number of carbonyl (C=O) groups excluding carboxylic acids is 1. The highest BCUT2D eigenvalue weighted by Crippen LogP contribution is 2.22. The Labute approximate surface area is 160 Å². The van der Waals surface area contributed by atoms with E-state index < -0.39 is 5.82 Å². The van der Waals surface area contributed by atoms with Gasteiger partial charge < -0.3 is 11.1 Å². The van der Waals surface area contributed by atoms with Crippen molar-refractivity contribution >= 4 is 29.0 Å². The van der Waals surface area contributed by atoms with Crippen LogP contribution in [0.25, 0.3) is 0 Å². The molecule has 140 valence electrons. The smallest absolute Gasteiger partial charge is 0.244 e. The Bertz CT molecular complexity index is 918. The number of hydrogen-bond donors (Lipinski definition) is 2. The summed E-state index contributed by atoms with van der Waals surface area (Å²) in [6, 6.07) is 3.91. The number of nitrogens with two attached hydrogens (primary N) is 1. The van der Waals surface area contributed by atoms with Crippen molar-refractivity contribution in [1.82, 2.24) is 15.6 Å². The van der Waals surface area contributed by atoms with E-state index in [4.69, 9.17) is 17.3 Å². The van der Waals surface area contributed by atoms with Crippen LogP contribution < -0.4 is 11.1 Å². The SMILES string of the molecule is C\C=C/C=C\C=C\C(=O)NCc1nonc1C(N)=Nc1ccc(F)c(Cl)c1. The summed E-state index contributed by atoms with van der Waals surface area (Å²) in [6.45, 7) is 1.94. The number of aromatic nitrogens is 2. The first kappa shape index (κ1) is 20.1. The number of halogens is 2. The molecule has 1 heterocycles. The molecule has 1 aromatic heterocycles. The molecule has 1 amide bonds. The van der Waals surface area contributed by atoms with Gasteiger partial charge in [0.25, 0.3) is 0 Å². The Morgan fingerprint density at radius 1 is 1.33 bits per heavy atom. The Hall–Kier alpha value is -3.26. The number of benzene rings is 1. The summed E-state index contributed by atoms with van der Waals surface area (Å²) in [6.07, 6.45) is 10.2. The lowest BCUT2D eigenvalue weighted by Gasteiger charge is -2.02. The summed E-state index contributed by atoms with van der Waals surface area (Å²) < 4.78 is 17.9. The minimum absolute atomic E-state index is 0.00648. The molecule has 27 heavy (non-hydrogen) atoms. The third kappa shape index (κ3) is 6.19. The summed E-state index contributed by atoms with van der Waals surface area (Å²) >= 11 is 5.71. The monoisotopic (exact) mass is 389 g/mol. The Kier molecular flexibility index (Phi) is 7.45. The van der Waals surface area contributed by atoms with E-state index in [0.717, 1.165) is 0 Å². The Morgan fingerprint density at radius 2 is 2.11 bits per heavy atom. The lowest BCUT2D eigenvalue weighted by Crippen LogP contribution is -2.23. The van der Waals surface area contributed by atoms with Crippen LogP contribution in [0.15, 0.2) is 64.3 Å². The minimum Gasteiger partial charge on any atom is -0.382 e. The molecule has 0 spiro atoms. The van der Waals surface area contributed by atoms with Crippen molar-refractivity contribution in [3.63, 3.8) is 0 Å². The summed E-state index contributed by atoms with van der Waals surface area (Å²) in [5, 5.41) is 9.95. The number of amidine groups is 1. The lowest BCUT2D eigenvalue weighted by atomic mass is 10.2. The fraction of sp³-hybridized carbons (Fsp3) is 0.111. The highest BCUT2D eigenvalue weighted by molar-refractivity contribution is 6.31. The van der Waals surface area contributed by atoms with Crippen LogP contribution in [0, 0.1) is 5.82 Å². The van der Waals surface area contributed by atoms with Crippen LogP contribution >= 0.6 is 11.6 Å². The van der Waals surface area contributed by atoms with Gasteiger partial charge in [-0.15, -0.1) is 0 Å². The van der Waals surface area contributed by atoms with Crippen LogP contribution in [0.5, 0.6) is 0 Å². The topological polar surface area (TPSA) is 106 Å². The maximum absolute atomic E-state index is 13.2. The largest absolute Gasteiger partial charge is 0.382 e. The molecular formula is C18H17ClFN5O2. The zero-order valence-corrected chi connectivity index (χ0v) is 15.2. The van der Waals surface area contributed by atoms with Gasteiger partial charge in [0, 0.05) is 6.08 Å². The van der Waals surface area contributed by atoms with E-state index in [1.54, 1.807) is 18.2 Å². The molecule has 0 atom stereocenters. The molecule has 0 unspecified atom stereocenters. The van der Waals surface area contributed by atoms with Crippen molar-refractivity contribution in [3.05, 3.63) is 76.9 Å². The van der Waals surface area contributed by atoms with Gasteiger partial charge in [-0.3, -0.25) is 4.79 Å². The summed E-state index contributed by atoms with van der Waals surface area (Å²) in [4.78, 5) is 15.9. The van der Waals surface area contributed by atoms with E-state index in [9.17, 15) is 9.18 Å². The first-order valence-electron chi connectivity index (χ1n) is 7.86. The van der Waals surface area contributed by atoms with Gasteiger partial charge >= 0.3 is 0 Å². The molecule has 0 fully saturated rings. The zero-order valence-electron chi connectivity index (χ0n) is 14.4. The molecule has 0 saturated heterocycles.